The largest absolute Gasteiger partial charge is 0.312 e. The van der Waals surface area contributed by atoms with Crippen LogP contribution in [0.25, 0.3) is 0 Å². The molecule has 17 heavy (non-hydrogen) atoms. The molecule has 0 aliphatic carbocycles. The predicted molar refractivity (Wildman–Crippen MR) is 72.0 cm³/mol. The van der Waals surface area contributed by atoms with Crippen molar-refractivity contribution in [3.05, 3.63) is 38.3 Å². The Kier molecular flexibility index (Phi) is 4.65. The molecule has 1 aromatic carbocycles. The maximum absolute atomic E-state index is 10.8. The van der Waals surface area contributed by atoms with Crippen LogP contribution in [-0.2, 0) is 6.54 Å². The van der Waals surface area contributed by atoms with E-state index in [1.54, 1.807) is 12.1 Å². The predicted octanol–water partition coefficient (Wildman–Crippen LogP) is 3.49. The molecule has 0 spiro atoms. The second-order valence-corrected chi connectivity index (χ2v) is 6.06. The molecular formula is C12H17BrN2O2. The minimum absolute atomic E-state index is 0.111. The Morgan fingerprint density at radius 2 is 2.06 bits per heavy atom. The van der Waals surface area contributed by atoms with Crippen molar-refractivity contribution in [2.75, 3.05) is 6.54 Å². The Hall–Kier alpha value is -0.940. The lowest BCUT2D eigenvalue weighted by Crippen LogP contribution is -2.26. The SMILES string of the molecule is CC(C)(C)CNCc1ccc(Br)c([N+](=O)[O-])c1. The molecule has 1 rings (SSSR count). The van der Waals surface area contributed by atoms with Gasteiger partial charge in [0.25, 0.3) is 5.69 Å². The minimum Gasteiger partial charge on any atom is -0.312 e. The zero-order valence-electron chi connectivity index (χ0n) is 10.3. The van der Waals surface area contributed by atoms with E-state index < -0.39 is 0 Å². The van der Waals surface area contributed by atoms with E-state index in [0.717, 1.165) is 12.1 Å². The van der Waals surface area contributed by atoms with E-state index in [9.17, 15) is 10.1 Å². The molecule has 0 bridgehead atoms. The van der Waals surface area contributed by atoms with Gasteiger partial charge in [-0.05, 0) is 33.0 Å². The van der Waals surface area contributed by atoms with Crippen LogP contribution in [0.2, 0.25) is 0 Å². The van der Waals surface area contributed by atoms with Crippen LogP contribution in [0.3, 0.4) is 0 Å². The van der Waals surface area contributed by atoms with Crippen LogP contribution < -0.4 is 5.32 Å². The van der Waals surface area contributed by atoms with Crippen molar-refractivity contribution in [2.24, 2.45) is 5.41 Å². The molecule has 0 heterocycles. The van der Waals surface area contributed by atoms with E-state index in [-0.39, 0.29) is 16.0 Å². The Balaban J connectivity index is 2.67. The molecule has 0 atom stereocenters. The summed E-state index contributed by atoms with van der Waals surface area (Å²) in [5.41, 5.74) is 1.24. The first kappa shape index (κ1) is 14.1. The number of halogens is 1. The topological polar surface area (TPSA) is 55.2 Å². The van der Waals surface area contributed by atoms with Crippen LogP contribution >= 0.6 is 15.9 Å². The second kappa shape index (κ2) is 5.60. The highest BCUT2D eigenvalue weighted by Crippen LogP contribution is 2.25. The first-order valence-corrected chi connectivity index (χ1v) is 6.22. The van der Waals surface area contributed by atoms with Gasteiger partial charge < -0.3 is 5.32 Å². The molecule has 0 aliphatic rings. The zero-order chi connectivity index (χ0) is 13.1. The van der Waals surface area contributed by atoms with Gasteiger partial charge >= 0.3 is 0 Å². The van der Waals surface area contributed by atoms with Crippen molar-refractivity contribution in [1.82, 2.24) is 5.32 Å². The maximum atomic E-state index is 10.8. The van der Waals surface area contributed by atoms with E-state index in [0.29, 0.717) is 11.0 Å². The number of benzene rings is 1. The third kappa shape index (κ3) is 4.83. The van der Waals surface area contributed by atoms with Crippen molar-refractivity contribution in [3.63, 3.8) is 0 Å². The van der Waals surface area contributed by atoms with Crippen molar-refractivity contribution >= 4 is 21.6 Å². The number of hydrogen-bond donors (Lipinski definition) is 1. The molecule has 0 radical (unpaired) electrons. The third-order valence-corrected chi connectivity index (χ3v) is 2.86. The fraction of sp³-hybridized carbons (Fsp3) is 0.500. The fourth-order valence-electron chi connectivity index (χ4n) is 1.39. The van der Waals surface area contributed by atoms with Gasteiger partial charge in [-0.15, -0.1) is 0 Å². The maximum Gasteiger partial charge on any atom is 0.283 e. The summed E-state index contributed by atoms with van der Waals surface area (Å²) in [6, 6.07) is 5.19. The fourth-order valence-corrected chi connectivity index (χ4v) is 1.78. The molecule has 0 saturated carbocycles. The Labute approximate surface area is 110 Å². The second-order valence-electron chi connectivity index (χ2n) is 5.21. The lowest BCUT2D eigenvalue weighted by molar-refractivity contribution is -0.385. The molecular weight excluding hydrogens is 284 g/mol. The van der Waals surface area contributed by atoms with E-state index in [1.165, 1.54) is 0 Å². The normalized spacial score (nSPS) is 11.5. The van der Waals surface area contributed by atoms with Crippen LogP contribution in [0.5, 0.6) is 0 Å². The van der Waals surface area contributed by atoms with Gasteiger partial charge in [-0.3, -0.25) is 10.1 Å². The summed E-state index contributed by atoms with van der Waals surface area (Å²) >= 11 is 3.17. The Morgan fingerprint density at radius 1 is 1.41 bits per heavy atom. The van der Waals surface area contributed by atoms with Crippen LogP contribution in [0.15, 0.2) is 22.7 Å². The summed E-state index contributed by atoms with van der Waals surface area (Å²) < 4.78 is 0.516. The van der Waals surface area contributed by atoms with E-state index in [2.05, 4.69) is 42.0 Å². The molecule has 0 aromatic heterocycles. The smallest absolute Gasteiger partial charge is 0.283 e. The van der Waals surface area contributed by atoms with Gasteiger partial charge in [-0.2, -0.15) is 0 Å². The van der Waals surface area contributed by atoms with Crippen LogP contribution in [0.1, 0.15) is 26.3 Å². The molecule has 1 aromatic rings. The molecule has 0 amide bonds. The van der Waals surface area contributed by atoms with Gasteiger partial charge in [0, 0.05) is 19.2 Å². The van der Waals surface area contributed by atoms with E-state index in [1.807, 2.05) is 6.07 Å². The van der Waals surface area contributed by atoms with Crippen LogP contribution in [0, 0.1) is 15.5 Å². The molecule has 0 fully saturated rings. The summed E-state index contributed by atoms with van der Waals surface area (Å²) in [4.78, 5) is 10.4. The summed E-state index contributed by atoms with van der Waals surface area (Å²) in [6.45, 7) is 7.94. The van der Waals surface area contributed by atoms with Gasteiger partial charge in [-0.1, -0.05) is 26.8 Å². The van der Waals surface area contributed by atoms with Gasteiger partial charge in [0.1, 0.15) is 0 Å². The minimum atomic E-state index is -0.378. The standard InChI is InChI=1S/C12H17BrN2O2/c1-12(2,3)8-14-7-9-4-5-10(13)11(6-9)15(16)17/h4-6,14H,7-8H2,1-3H3. The highest BCUT2D eigenvalue weighted by molar-refractivity contribution is 9.10. The Morgan fingerprint density at radius 3 is 2.59 bits per heavy atom. The van der Waals surface area contributed by atoms with Crippen LogP contribution in [0.4, 0.5) is 5.69 Å². The highest BCUT2D eigenvalue weighted by atomic mass is 79.9. The molecule has 0 unspecified atom stereocenters. The highest BCUT2D eigenvalue weighted by Gasteiger charge is 2.13. The van der Waals surface area contributed by atoms with E-state index >= 15 is 0 Å². The lowest BCUT2D eigenvalue weighted by Gasteiger charge is -2.18. The van der Waals surface area contributed by atoms with Crippen molar-refractivity contribution < 1.29 is 4.92 Å². The number of rotatable bonds is 4. The molecule has 1 N–H and O–H groups in total. The van der Waals surface area contributed by atoms with Crippen LogP contribution in [-0.4, -0.2) is 11.5 Å². The lowest BCUT2D eigenvalue weighted by atomic mass is 9.97. The quantitative estimate of drug-likeness (QED) is 0.684. The molecule has 94 valence electrons. The first-order valence-electron chi connectivity index (χ1n) is 5.43. The number of nitro benzene ring substituents is 1. The number of nitrogens with zero attached hydrogens (tertiary/aromatic N) is 1. The molecule has 5 heteroatoms. The third-order valence-electron chi connectivity index (χ3n) is 2.19. The van der Waals surface area contributed by atoms with Crippen molar-refractivity contribution in [1.29, 1.82) is 0 Å². The first-order chi connectivity index (χ1) is 7.79. The zero-order valence-corrected chi connectivity index (χ0v) is 11.9. The Bertz CT molecular complexity index is 413. The summed E-state index contributed by atoms with van der Waals surface area (Å²) in [7, 11) is 0. The van der Waals surface area contributed by atoms with Crippen molar-refractivity contribution in [2.45, 2.75) is 27.3 Å². The number of nitrogens with one attached hydrogen (secondary N) is 1. The molecule has 0 saturated heterocycles. The number of nitro groups is 1. The molecule has 4 nitrogen and oxygen atoms in total. The van der Waals surface area contributed by atoms with Gasteiger partial charge in [0.05, 0.1) is 9.40 Å². The van der Waals surface area contributed by atoms with Gasteiger partial charge in [-0.25, -0.2) is 0 Å². The average molecular weight is 301 g/mol. The summed E-state index contributed by atoms with van der Waals surface area (Å²) in [6.07, 6.45) is 0. The molecule has 0 aliphatic heterocycles. The van der Waals surface area contributed by atoms with Gasteiger partial charge in [0.2, 0.25) is 0 Å². The van der Waals surface area contributed by atoms with E-state index in [4.69, 9.17) is 0 Å². The summed E-state index contributed by atoms with van der Waals surface area (Å²) in [5.74, 6) is 0. The summed E-state index contributed by atoms with van der Waals surface area (Å²) in [5, 5.41) is 14.1. The van der Waals surface area contributed by atoms with Crippen molar-refractivity contribution in [3.8, 4) is 0 Å². The van der Waals surface area contributed by atoms with Gasteiger partial charge in [0.15, 0.2) is 0 Å². The monoisotopic (exact) mass is 300 g/mol. The number of hydrogen-bond acceptors (Lipinski definition) is 3. The average Bonchev–Trinajstić information content (AvgIpc) is 2.18.